The zero-order valence-electron chi connectivity index (χ0n) is 14.9. The summed E-state index contributed by atoms with van der Waals surface area (Å²) in [5.41, 5.74) is 0. The van der Waals surface area contributed by atoms with E-state index < -0.39 is 6.04 Å². The standard InChI is InChI=1S/C17H24N4O2S2/c1-5-11(6-2)16-20-21-17(25-16)19-15(23)13(10(3)4)18-14(22)12-8-7-9-24-12/h7-11,13H,5-6H2,1-4H3,(H,18,22)(H,19,21,23). The second-order valence-electron chi connectivity index (χ2n) is 6.12. The lowest BCUT2D eigenvalue weighted by atomic mass is 10.0. The van der Waals surface area contributed by atoms with E-state index in [1.165, 1.54) is 22.7 Å². The number of rotatable bonds is 8. The largest absolute Gasteiger partial charge is 0.339 e. The third-order valence-corrected chi connectivity index (χ3v) is 5.86. The first-order valence-corrected chi connectivity index (χ1v) is 10.1. The fourth-order valence-corrected chi connectivity index (χ4v) is 4.07. The van der Waals surface area contributed by atoms with Crippen LogP contribution in [0.1, 0.15) is 61.1 Å². The third-order valence-electron chi connectivity index (χ3n) is 3.99. The minimum atomic E-state index is -0.630. The molecule has 2 amide bonds. The minimum Gasteiger partial charge on any atom is -0.339 e. The summed E-state index contributed by atoms with van der Waals surface area (Å²) in [5, 5.41) is 17.1. The number of thiophene rings is 1. The van der Waals surface area contributed by atoms with Crippen LogP contribution < -0.4 is 10.6 Å². The normalized spacial score (nSPS) is 12.4. The molecule has 2 rings (SSSR count). The molecule has 0 aromatic carbocycles. The van der Waals surface area contributed by atoms with Crippen molar-refractivity contribution >= 4 is 39.6 Å². The van der Waals surface area contributed by atoms with Crippen LogP contribution in [0.5, 0.6) is 0 Å². The topological polar surface area (TPSA) is 84.0 Å². The van der Waals surface area contributed by atoms with E-state index in [9.17, 15) is 9.59 Å². The van der Waals surface area contributed by atoms with Gasteiger partial charge in [-0.05, 0) is 30.2 Å². The summed E-state index contributed by atoms with van der Waals surface area (Å²) < 4.78 is 0. The van der Waals surface area contributed by atoms with Gasteiger partial charge in [-0.2, -0.15) is 0 Å². The fraction of sp³-hybridized carbons (Fsp3) is 0.529. The predicted molar refractivity (Wildman–Crippen MR) is 102 cm³/mol. The smallest absolute Gasteiger partial charge is 0.262 e. The molecule has 8 heteroatoms. The van der Waals surface area contributed by atoms with Crippen molar-refractivity contribution in [3.8, 4) is 0 Å². The van der Waals surface area contributed by atoms with Gasteiger partial charge in [-0.1, -0.05) is 45.1 Å². The van der Waals surface area contributed by atoms with E-state index in [4.69, 9.17) is 0 Å². The highest BCUT2D eigenvalue weighted by molar-refractivity contribution is 7.15. The van der Waals surface area contributed by atoms with Crippen molar-refractivity contribution in [2.45, 2.75) is 52.5 Å². The number of amides is 2. The zero-order valence-corrected chi connectivity index (χ0v) is 16.5. The van der Waals surface area contributed by atoms with Crippen LogP contribution in [-0.2, 0) is 4.79 Å². The second-order valence-corrected chi connectivity index (χ2v) is 8.08. The lowest BCUT2D eigenvalue weighted by Crippen LogP contribution is -2.46. The van der Waals surface area contributed by atoms with Gasteiger partial charge in [0.15, 0.2) is 0 Å². The summed E-state index contributed by atoms with van der Waals surface area (Å²) in [6.07, 6.45) is 1.98. The molecule has 0 bridgehead atoms. The van der Waals surface area contributed by atoms with Gasteiger partial charge in [0.1, 0.15) is 11.0 Å². The van der Waals surface area contributed by atoms with E-state index in [0.29, 0.717) is 15.9 Å². The molecule has 2 N–H and O–H groups in total. The quantitative estimate of drug-likeness (QED) is 0.727. The Hall–Kier alpha value is -1.80. The van der Waals surface area contributed by atoms with E-state index in [2.05, 4.69) is 34.7 Å². The molecule has 2 aromatic rings. The predicted octanol–water partition coefficient (Wildman–Crippen LogP) is 3.90. The van der Waals surface area contributed by atoms with Crippen molar-refractivity contribution in [2.24, 2.45) is 5.92 Å². The van der Waals surface area contributed by atoms with Gasteiger partial charge in [0.2, 0.25) is 11.0 Å². The number of carbonyl (C=O) groups excluding carboxylic acids is 2. The minimum absolute atomic E-state index is 0.0460. The van der Waals surface area contributed by atoms with Gasteiger partial charge < -0.3 is 5.32 Å². The van der Waals surface area contributed by atoms with Gasteiger partial charge in [0.05, 0.1) is 4.88 Å². The Morgan fingerprint density at radius 3 is 2.48 bits per heavy atom. The molecule has 0 aliphatic carbocycles. The Morgan fingerprint density at radius 1 is 1.20 bits per heavy atom. The van der Waals surface area contributed by atoms with E-state index in [1.54, 1.807) is 6.07 Å². The number of nitrogens with one attached hydrogen (secondary N) is 2. The average Bonchev–Trinajstić information content (AvgIpc) is 3.25. The van der Waals surface area contributed by atoms with Gasteiger partial charge >= 0.3 is 0 Å². The van der Waals surface area contributed by atoms with Crippen LogP contribution in [0.25, 0.3) is 0 Å². The average molecular weight is 381 g/mol. The number of nitrogens with zero attached hydrogens (tertiary/aromatic N) is 2. The molecule has 1 unspecified atom stereocenters. The van der Waals surface area contributed by atoms with Crippen molar-refractivity contribution in [2.75, 3.05) is 5.32 Å². The maximum absolute atomic E-state index is 12.6. The lowest BCUT2D eigenvalue weighted by molar-refractivity contribution is -0.118. The summed E-state index contributed by atoms with van der Waals surface area (Å²) in [6.45, 7) is 8.02. The molecule has 0 saturated carbocycles. The van der Waals surface area contributed by atoms with Crippen molar-refractivity contribution in [3.63, 3.8) is 0 Å². The number of carbonyl (C=O) groups is 2. The number of anilines is 1. The molecule has 2 heterocycles. The van der Waals surface area contributed by atoms with Crippen molar-refractivity contribution in [3.05, 3.63) is 27.4 Å². The number of hydrogen-bond acceptors (Lipinski definition) is 6. The van der Waals surface area contributed by atoms with Crippen LogP contribution in [0.3, 0.4) is 0 Å². The monoisotopic (exact) mass is 380 g/mol. The van der Waals surface area contributed by atoms with Gasteiger partial charge in [-0.15, -0.1) is 21.5 Å². The Kier molecular flexibility index (Phi) is 7.07. The first-order chi connectivity index (χ1) is 12.0. The van der Waals surface area contributed by atoms with E-state index in [-0.39, 0.29) is 17.7 Å². The molecular formula is C17H24N4O2S2. The van der Waals surface area contributed by atoms with Crippen molar-refractivity contribution in [1.29, 1.82) is 0 Å². The van der Waals surface area contributed by atoms with Gasteiger partial charge in [0.25, 0.3) is 5.91 Å². The number of hydrogen-bond donors (Lipinski definition) is 2. The van der Waals surface area contributed by atoms with Crippen LogP contribution in [0, 0.1) is 5.92 Å². The summed E-state index contributed by atoms with van der Waals surface area (Å²) in [7, 11) is 0. The Bertz CT molecular complexity index is 693. The van der Waals surface area contributed by atoms with Crippen molar-refractivity contribution < 1.29 is 9.59 Å². The molecule has 136 valence electrons. The maximum Gasteiger partial charge on any atom is 0.262 e. The molecule has 0 saturated heterocycles. The molecule has 2 aromatic heterocycles. The van der Waals surface area contributed by atoms with E-state index >= 15 is 0 Å². The van der Waals surface area contributed by atoms with Gasteiger partial charge in [-0.25, -0.2) is 0 Å². The van der Waals surface area contributed by atoms with Crippen LogP contribution in [0.4, 0.5) is 5.13 Å². The van der Waals surface area contributed by atoms with Gasteiger partial charge in [-0.3, -0.25) is 14.9 Å². The second kappa shape index (κ2) is 9.05. The molecule has 1 atom stereocenters. The molecule has 0 aliphatic heterocycles. The van der Waals surface area contributed by atoms with E-state index in [0.717, 1.165) is 17.8 Å². The van der Waals surface area contributed by atoms with E-state index in [1.807, 2.05) is 25.3 Å². The summed E-state index contributed by atoms with van der Waals surface area (Å²) in [6, 6.07) is 2.92. The zero-order chi connectivity index (χ0) is 18.4. The van der Waals surface area contributed by atoms with Crippen LogP contribution in [0.2, 0.25) is 0 Å². The van der Waals surface area contributed by atoms with Crippen LogP contribution in [0.15, 0.2) is 17.5 Å². The highest BCUT2D eigenvalue weighted by atomic mass is 32.1. The molecule has 0 fully saturated rings. The Balaban J connectivity index is 2.04. The molecular weight excluding hydrogens is 356 g/mol. The molecule has 25 heavy (non-hydrogen) atoms. The van der Waals surface area contributed by atoms with Crippen LogP contribution in [-0.4, -0.2) is 28.1 Å². The van der Waals surface area contributed by atoms with Gasteiger partial charge in [0, 0.05) is 5.92 Å². The lowest BCUT2D eigenvalue weighted by Gasteiger charge is -2.20. The highest BCUT2D eigenvalue weighted by Crippen LogP contribution is 2.28. The fourth-order valence-electron chi connectivity index (χ4n) is 2.43. The first-order valence-electron chi connectivity index (χ1n) is 8.44. The van der Waals surface area contributed by atoms with Crippen molar-refractivity contribution in [1.82, 2.24) is 15.5 Å². The first kappa shape index (κ1) is 19.5. The Morgan fingerprint density at radius 2 is 1.92 bits per heavy atom. The third kappa shape index (κ3) is 5.09. The molecule has 0 spiro atoms. The number of aromatic nitrogens is 2. The molecule has 6 nitrogen and oxygen atoms in total. The Labute approximate surface area is 156 Å². The summed E-state index contributed by atoms with van der Waals surface area (Å²) in [4.78, 5) is 25.4. The van der Waals surface area contributed by atoms with Crippen LogP contribution >= 0.6 is 22.7 Å². The summed E-state index contributed by atoms with van der Waals surface area (Å²) in [5.74, 6) is -0.191. The highest BCUT2D eigenvalue weighted by Gasteiger charge is 2.26. The molecule has 0 radical (unpaired) electrons. The summed E-state index contributed by atoms with van der Waals surface area (Å²) >= 11 is 2.75. The molecule has 0 aliphatic rings. The maximum atomic E-state index is 12.6. The SMILES string of the molecule is CCC(CC)c1nnc(NC(=O)C(NC(=O)c2cccs2)C(C)C)s1.